The number of sulfonamides is 1. The fourth-order valence-corrected chi connectivity index (χ4v) is 4.08. The van der Waals surface area contributed by atoms with Gasteiger partial charge in [-0.3, -0.25) is 4.99 Å². The summed E-state index contributed by atoms with van der Waals surface area (Å²) in [5.41, 5.74) is 6.13. The van der Waals surface area contributed by atoms with Gasteiger partial charge < -0.3 is 15.5 Å². The van der Waals surface area contributed by atoms with Crippen LogP contribution in [0.4, 0.5) is 5.95 Å². The summed E-state index contributed by atoms with van der Waals surface area (Å²) in [4.78, 5) is 17.2. The van der Waals surface area contributed by atoms with Crippen LogP contribution < -0.4 is 10.6 Å². The van der Waals surface area contributed by atoms with Crippen LogP contribution in [0.25, 0.3) is 0 Å². The molecule has 2 fully saturated rings. The van der Waals surface area contributed by atoms with Gasteiger partial charge in [0.15, 0.2) is 5.96 Å². The number of nitrogens with zero attached hydrogens (tertiary/aromatic N) is 6. The summed E-state index contributed by atoms with van der Waals surface area (Å²) in [6.07, 6.45) is 5.57. The molecule has 0 aliphatic carbocycles. The van der Waals surface area contributed by atoms with Crippen molar-refractivity contribution >= 4 is 45.9 Å². The maximum Gasteiger partial charge on any atom is 0.225 e. The van der Waals surface area contributed by atoms with Crippen LogP contribution in [-0.4, -0.2) is 85.6 Å². The minimum absolute atomic E-state index is 0. The van der Waals surface area contributed by atoms with Crippen LogP contribution in [0.1, 0.15) is 6.42 Å². The van der Waals surface area contributed by atoms with E-state index < -0.39 is 10.0 Å². The number of piperazine rings is 1. The molecule has 26 heavy (non-hydrogen) atoms. The molecule has 11 heteroatoms. The van der Waals surface area contributed by atoms with Crippen LogP contribution in [0.3, 0.4) is 0 Å². The van der Waals surface area contributed by atoms with E-state index in [-0.39, 0.29) is 29.9 Å². The third kappa shape index (κ3) is 5.39. The van der Waals surface area contributed by atoms with Gasteiger partial charge in [0, 0.05) is 58.2 Å². The van der Waals surface area contributed by atoms with Crippen molar-refractivity contribution in [3.8, 4) is 0 Å². The molecule has 0 saturated carbocycles. The maximum atomic E-state index is 11.6. The summed E-state index contributed by atoms with van der Waals surface area (Å²) in [7, 11) is -3.10. The summed E-state index contributed by atoms with van der Waals surface area (Å²) >= 11 is 0. The Hall–Kier alpha value is -1.21. The molecule has 3 rings (SSSR count). The number of nitrogens with two attached hydrogens (primary N) is 1. The zero-order valence-electron chi connectivity index (χ0n) is 14.9. The van der Waals surface area contributed by atoms with Crippen LogP contribution in [-0.2, 0) is 10.0 Å². The van der Waals surface area contributed by atoms with Crippen molar-refractivity contribution in [3.05, 3.63) is 18.5 Å². The third-order valence-corrected chi connectivity index (χ3v) is 5.94. The molecule has 2 aliphatic heterocycles. The van der Waals surface area contributed by atoms with Gasteiger partial charge in [0.1, 0.15) is 0 Å². The van der Waals surface area contributed by atoms with E-state index in [4.69, 9.17) is 5.73 Å². The Kier molecular flexibility index (Phi) is 7.41. The average Bonchev–Trinajstić information content (AvgIpc) is 3.10. The van der Waals surface area contributed by atoms with Gasteiger partial charge in [0.2, 0.25) is 16.0 Å². The lowest BCUT2D eigenvalue weighted by molar-refractivity contribution is 0.376. The Morgan fingerprint density at radius 1 is 1.23 bits per heavy atom. The Balaban J connectivity index is 0.00000243. The number of halogens is 1. The van der Waals surface area contributed by atoms with Crippen LogP contribution in [0.15, 0.2) is 23.5 Å². The number of guanidine groups is 1. The van der Waals surface area contributed by atoms with Crippen LogP contribution in [0.5, 0.6) is 0 Å². The van der Waals surface area contributed by atoms with Crippen molar-refractivity contribution in [1.29, 1.82) is 0 Å². The SMILES string of the molecule is CS(=O)(=O)N1CCC(CN=C(N)N2CCN(c3ncccn3)CC2)C1.I. The smallest absolute Gasteiger partial charge is 0.225 e. The summed E-state index contributed by atoms with van der Waals surface area (Å²) in [6, 6.07) is 1.80. The van der Waals surface area contributed by atoms with Crippen molar-refractivity contribution in [2.75, 3.05) is 57.0 Å². The van der Waals surface area contributed by atoms with E-state index in [1.807, 2.05) is 0 Å². The highest BCUT2D eigenvalue weighted by atomic mass is 127. The minimum Gasteiger partial charge on any atom is -0.370 e. The summed E-state index contributed by atoms with van der Waals surface area (Å²) < 4.78 is 24.6. The van der Waals surface area contributed by atoms with E-state index in [1.54, 1.807) is 18.5 Å². The van der Waals surface area contributed by atoms with Gasteiger partial charge >= 0.3 is 0 Å². The van der Waals surface area contributed by atoms with Gasteiger partial charge in [-0.05, 0) is 18.4 Å². The quantitative estimate of drug-likeness (QED) is 0.351. The first-order valence-electron chi connectivity index (χ1n) is 8.45. The lowest BCUT2D eigenvalue weighted by Gasteiger charge is -2.35. The molecule has 1 atom stereocenters. The second-order valence-electron chi connectivity index (χ2n) is 6.50. The van der Waals surface area contributed by atoms with Crippen LogP contribution >= 0.6 is 24.0 Å². The van der Waals surface area contributed by atoms with Crippen LogP contribution in [0, 0.1) is 5.92 Å². The summed E-state index contributed by atoms with van der Waals surface area (Å²) in [5, 5.41) is 0. The second-order valence-corrected chi connectivity index (χ2v) is 8.48. The van der Waals surface area contributed by atoms with E-state index >= 15 is 0 Å². The molecule has 1 unspecified atom stereocenters. The molecule has 0 aromatic carbocycles. The molecule has 2 saturated heterocycles. The second kappa shape index (κ2) is 9.13. The van der Waals surface area contributed by atoms with E-state index in [2.05, 4.69) is 24.8 Å². The molecule has 2 aliphatic rings. The standard InChI is InChI=1S/C15H25N7O2S.HI/c1-25(23,24)22-6-3-13(12-22)11-19-14(16)20-7-9-21(10-8-20)15-17-4-2-5-18-15;/h2,4-5,13H,3,6-12H2,1H3,(H2,16,19);1H. The summed E-state index contributed by atoms with van der Waals surface area (Å²) in [6.45, 7) is 4.82. The molecule has 1 aromatic heterocycles. The number of aliphatic imine (C=N–C) groups is 1. The zero-order valence-corrected chi connectivity index (χ0v) is 18.0. The Morgan fingerprint density at radius 3 is 2.46 bits per heavy atom. The Bertz CT molecular complexity index is 708. The van der Waals surface area contributed by atoms with Crippen molar-refractivity contribution < 1.29 is 8.42 Å². The molecule has 1 aromatic rings. The number of rotatable bonds is 4. The largest absolute Gasteiger partial charge is 0.370 e. The van der Waals surface area contributed by atoms with Gasteiger partial charge in [0.05, 0.1) is 6.26 Å². The maximum absolute atomic E-state index is 11.6. The molecule has 2 N–H and O–H groups in total. The van der Waals surface area contributed by atoms with E-state index in [0.717, 1.165) is 38.5 Å². The van der Waals surface area contributed by atoms with Crippen molar-refractivity contribution in [3.63, 3.8) is 0 Å². The van der Waals surface area contributed by atoms with Gasteiger partial charge in [-0.2, -0.15) is 0 Å². The molecule has 146 valence electrons. The highest BCUT2D eigenvalue weighted by molar-refractivity contribution is 14.0. The van der Waals surface area contributed by atoms with Crippen molar-refractivity contribution in [2.24, 2.45) is 16.6 Å². The first kappa shape index (κ1) is 21.1. The lowest BCUT2D eigenvalue weighted by atomic mass is 10.1. The van der Waals surface area contributed by atoms with Crippen molar-refractivity contribution in [2.45, 2.75) is 6.42 Å². The van der Waals surface area contributed by atoms with E-state index in [9.17, 15) is 8.42 Å². The summed E-state index contributed by atoms with van der Waals surface area (Å²) in [5.74, 6) is 1.52. The van der Waals surface area contributed by atoms with Gasteiger partial charge in [-0.15, -0.1) is 24.0 Å². The highest BCUT2D eigenvalue weighted by Gasteiger charge is 2.28. The fourth-order valence-electron chi connectivity index (χ4n) is 3.16. The number of hydrogen-bond acceptors (Lipinski definition) is 6. The predicted octanol–water partition coefficient (Wildman–Crippen LogP) is -0.187. The Labute approximate surface area is 171 Å². The first-order chi connectivity index (χ1) is 11.9. The molecule has 0 spiro atoms. The van der Waals surface area contributed by atoms with Gasteiger partial charge in [-0.1, -0.05) is 0 Å². The van der Waals surface area contributed by atoms with E-state index in [0.29, 0.717) is 25.6 Å². The lowest BCUT2D eigenvalue weighted by Crippen LogP contribution is -2.51. The normalized spacial score (nSPS) is 22.3. The van der Waals surface area contributed by atoms with E-state index in [1.165, 1.54) is 10.6 Å². The predicted molar refractivity (Wildman–Crippen MR) is 112 cm³/mol. The Morgan fingerprint density at radius 2 is 1.88 bits per heavy atom. The molecular weight excluding hydrogens is 469 g/mol. The fraction of sp³-hybridized carbons (Fsp3) is 0.667. The van der Waals surface area contributed by atoms with Gasteiger partial charge in [-0.25, -0.2) is 22.7 Å². The average molecular weight is 495 g/mol. The number of anilines is 1. The third-order valence-electron chi connectivity index (χ3n) is 4.67. The molecule has 0 bridgehead atoms. The monoisotopic (exact) mass is 495 g/mol. The molecule has 9 nitrogen and oxygen atoms in total. The number of aromatic nitrogens is 2. The highest BCUT2D eigenvalue weighted by Crippen LogP contribution is 2.19. The molecule has 3 heterocycles. The van der Waals surface area contributed by atoms with Crippen LogP contribution in [0.2, 0.25) is 0 Å². The number of hydrogen-bond donors (Lipinski definition) is 1. The van der Waals surface area contributed by atoms with Gasteiger partial charge in [0.25, 0.3) is 0 Å². The topological polar surface area (TPSA) is 108 Å². The molecular formula is C15H26IN7O2S. The minimum atomic E-state index is -3.10. The van der Waals surface area contributed by atoms with Crippen molar-refractivity contribution in [1.82, 2.24) is 19.2 Å². The molecule has 0 amide bonds. The zero-order chi connectivity index (χ0) is 17.9. The molecule has 0 radical (unpaired) electrons. The first-order valence-corrected chi connectivity index (χ1v) is 10.3.